The van der Waals surface area contributed by atoms with E-state index in [4.69, 9.17) is 5.11 Å². The number of aromatic carboxylic acids is 1. The lowest BCUT2D eigenvalue weighted by Gasteiger charge is -2.02. The molecule has 3 aromatic rings. The van der Waals surface area contributed by atoms with Gasteiger partial charge in [0.15, 0.2) is 5.69 Å². The van der Waals surface area contributed by atoms with Crippen LogP contribution in [0.5, 0.6) is 0 Å². The van der Waals surface area contributed by atoms with Crippen LogP contribution in [-0.4, -0.2) is 26.3 Å². The maximum atomic E-state index is 13.8. The third-order valence-corrected chi connectivity index (χ3v) is 2.79. The highest BCUT2D eigenvalue weighted by Crippen LogP contribution is 2.24. The Balaban J connectivity index is 2.10. The van der Waals surface area contributed by atoms with Gasteiger partial charge in [-0.15, -0.1) is 10.2 Å². The molecule has 0 unspecified atom stereocenters. The van der Waals surface area contributed by atoms with Gasteiger partial charge in [0.25, 0.3) is 0 Å². The maximum absolute atomic E-state index is 13.8. The van der Waals surface area contributed by atoms with Crippen LogP contribution in [0.1, 0.15) is 10.5 Å². The van der Waals surface area contributed by atoms with Crippen molar-refractivity contribution in [3.8, 4) is 11.3 Å². The first-order valence-corrected chi connectivity index (χ1v) is 5.49. The number of carboxylic acids is 1. The number of aromatic nitrogens is 3. The fourth-order valence-electron chi connectivity index (χ4n) is 1.87. The number of nitrogens with one attached hydrogen (secondary N) is 1. The van der Waals surface area contributed by atoms with Gasteiger partial charge < -0.3 is 10.1 Å². The van der Waals surface area contributed by atoms with Gasteiger partial charge in [-0.25, -0.2) is 9.18 Å². The highest BCUT2D eigenvalue weighted by molar-refractivity contribution is 5.86. The Kier molecular flexibility index (Phi) is 2.49. The summed E-state index contributed by atoms with van der Waals surface area (Å²) in [6, 6.07) is 7.69. The zero-order chi connectivity index (χ0) is 13.4. The number of nitrogens with zero attached hydrogens (tertiary/aromatic N) is 2. The molecule has 0 saturated heterocycles. The molecule has 0 amide bonds. The van der Waals surface area contributed by atoms with Gasteiger partial charge >= 0.3 is 5.97 Å². The zero-order valence-corrected chi connectivity index (χ0v) is 9.59. The van der Waals surface area contributed by atoms with E-state index in [2.05, 4.69) is 15.2 Å². The first-order valence-electron chi connectivity index (χ1n) is 5.49. The Morgan fingerprint density at radius 3 is 2.74 bits per heavy atom. The fraction of sp³-hybridized carbons (Fsp3) is 0. The number of carboxylic acid groups (broad SMARTS) is 1. The lowest BCUT2D eigenvalue weighted by atomic mass is 10.1. The minimum Gasteiger partial charge on any atom is -0.476 e. The summed E-state index contributed by atoms with van der Waals surface area (Å²) in [6.07, 6.45) is 1.65. The molecule has 0 radical (unpaired) electrons. The fourth-order valence-corrected chi connectivity index (χ4v) is 1.87. The van der Waals surface area contributed by atoms with Gasteiger partial charge in [0, 0.05) is 17.1 Å². The Labute approximate surface area is 106 Å². The number of aromatic amines is 1. The van der Waals surface area contributed by atoms with Crippen LogP contribution in [0.25, 0.3) is 22.2 Å². The Bertz CT molecular complexity index is 765. The second-order valence-electron chi connectivity index (χ2n) is 4.01. The maximum Gasteiger partial charge on any atom is 0.356 e. The topological polar surface area (TPSA) is 78.9 Å². The molecule has 2 N–H and O–H groups in total. The van der Waals surface area contributed by atoms with E-state index in [1.807, 2.05) is 0 Å². The Morgan fingerprint density at radius 2 is 2.05 bits per heavy atom. The van der Waals surface area contributed by atoms with Crippen LogP contribution >= 0.6 is 0 Å². The van der Waals surface area contributed by atoms with Crippen LogP contribution in [0.4, 0.5) is 4.39 Å². The van der Waals surface area contributed by atoms with Crippen LogP contribution in [0.2, 0.25) is 0 Å². The third kappa shape index (κ3) is 1.93. The van der Waals surface area contributed by atoms with E-state index in [9.17, 15) is 9.18 Å². The summed E-state index contributed by atoms with van der Waals surface area (Å²) in [6.45, 7) is 0. The van der Waals surface area contributed by atoms with Crippen LogP contribution in [0.15, 0.2) is 36.5 Å². The second-order valence-corrected chi connectivity index (χ2v) is 4.01. The molecule has 1 aromatic carbocycles. The van der Waals surface area contributed by atoms with Crippen molar-refractivity contribution in [1.29, 1.82) is 0 Å². The molecular weight excluding hydrogens is 249 g/mol. The summed E-state index contributed by atoms with van der Waals surface area (Å²) in [5.74, 6) is -1.53. The van der Waals surface area contributed by atoms with Gasteiger partial charge in [0.1, 0.15) is 5.82 Å². The molecular formula is C13H8FN3O2. The summed E-state index contributed by atoms with van der Waals surface area (Å²) in [4.78, 5) is 13.5. The number of hydrogen-bond acceptors (Lipinski definition) is 3. The lowest BCUT2D eigenvalue weighted by Crippen LogP contribution is -2.02. The smallest absolute Gasteiger partial charge is 0.356 e. The normalized spacial score (nSPS) is 10.8. The Morgan fingerprint density at radius 1 is 1.21 bits per heavy atom. The number of carbonyl (C=O) groups is 1. The van der Waals surface area contributed by atoms with Gasteiger partial charge in [-0.2, -0.15) is 0 Å². The molecule has 0 fully saturated rings. The molecule has 6 heteroatoms. The summed E-state index contributed by atoms with van der Waals surface area (Å²) < 4.78 is 13.8. The van der Waals surface area contributed by atoms with Gasteiger partial charge in [-0.05, 0) is 30.3 Å². The molecule has 19 heavy (non-hydrogen) atoms. The molecule has 3 rings (SSSR count). The third-order valence-electron chi connectivity index (χ3n) is 2.79. The van der Waals surface area contributed by atoms with E-state index < -0.39 is 5.97 Å². The first-order chi connectivity index (χ1) is 9.15. The van der Waals surface area contributed by atoms with E-state index in [1.165, 1.54) is 18.2 Å². The zero-order valence-electron chi connectivity index (χ0n) is 9.59. The molecule has 0 atom stereocenters. The molecule has 0 bridgehead atoms. The van der Waals surface area contributed by atoms with Crippen molar-refractivity contribution in [2.24, 2.45) is 0 Å². The molecule has 5 nitrogen and oxygen atoms in total. The highest BCUT2D eigenvalue weighted by atomic mass is 19.1. The number of fused-ring (bicyclic) bond motifs is 1. The van der Waals surface area contributed by atoms with E-state index in [0.29, 0.717) is 16.8 Å². The molecule has 2 aromatic heterocycles. The molecule has 0 aliphatic heterocycles. The molecule has 94 valence electrons. The van der Waals surface area contributed by atoms with Gasteiger partial charge in [-0.1, -0.05) is 0 Å². The van der Waals surface area contributed by atoms with Crippen LogP contribution in [0.3, 0.4) is 0 Å². The second kappa shape index (κ2) is 4.16. The number of halogens is 1. The molecule has 2 heterocycles. The summed E-state index contributed by atoms with van der Waals surface area (Å²) in [5, 5.41) is 16.8. The van der Waals surface area contributed by atoms with E-state index in [0.717, 1.165) is 5.39 Å². The van der Waals surface area contributed by atoms with Gasteiger partial charge in [0.05, 0.1) is 11.2 Å². The van der Waals surface area contributed by atoms with Crippen molar-refractivity contribution < 1.29 is 14.3 Å². The summed E-state index contributed by atoms with van der Waals surface area (Å²) in [5.41, 5.74) is 1.26. The monoisotopic (exact) mass is 257 g/mol. The number of hydrogen-bond donors (Lipinski definition) is 2. The van der Waals surface area contributed by atoms with Crippen molar-refractivity contribution >= 4 is 16.9 Å². The quantitative estimate of drug-likeness (QED) is 0.739. The van der Waals surface area contributed by atoms with Crippen molar-refractivity contribution in [1.82, 2.24) is 15.2 Å². The van der Waals surface area contributed by atoms with E-state index >= 15 is 0 Å². The molecule has 0 spiro atoms. The van der Waals surface area contributed by atoms with Crippen LogP contribution in [-0.2, 0) is 0 Å². The summed E-state index contributed by atoms with van der Waals surface area (Å²) >= 11 is 0. The number of H-pyrrole nitrogens is 1. The number of benzene rings is 1. The van der Waals surface area contributed by atoms with E-state index in [-0.39, 0.29) is 11.5 Å². The average Bonchev–Trinajstić information content (AvgIpc) is 2.87. The molecule has 0 aliphatic carbocycles. The van der Waals surface area contributed by atoms with Crippen molar-refractivity contribution in [3.05, 3.63) is 48.0 Å². The average molecular weight is 257 g/mol. The van der Waals surface area contributed by atoms with Crippen LogP contribution < -0.4 is 0 Å². The largest absolute Gasteiger partial charge is 0.476 e. The lowest BCUT2D eigenvalue weighted by molar-refractivity contribution is 0.0689. The minimum absolute atomic E-state index is 0.146. The van der Waals surface area contributed by atoms with Crippen molar-refractivity contribution in [3.63, 3.8) is 0 Å². The van der Waals surface area contributed by atoms with E-state index in [1.54, 1.807) is 18.3 Å². The predicted octanol–water partition coefficient (Wildman–Crippen LogP) is 2.46. The van der Waals surface area contributed by atoms with Gasteiger partial charge in [-0.3, -0.25) is 0 Å². The Hall–Kier alpha value is -2.76. The van der Waals surface area contributed by atoms with Crippen LogP contribution in [0, 0.1) is 5.82 Å². The predicted molar refractivity (Wildman–Crippen MR) is 66.2 cm³/mol. The summed E-state index contributed by atoms with van der Waals surface area (Å²) in [7, 11) is 0. The molecule has 0 aliphatic rings. The SMILES string of the molecule is O=C(O)c1ccc(-c2cc(F)c3[nH]ccc3c2)nn1. The standard InChI is InChI=1S/C13H8FN3O2/c14-9-6-8(5-7-3-4-15-12(7)9)10-1-2-11(13(18)19)17-16-10/h1-6,15H,(H,18,19). The van der Waals surface area contributed by atoms with Crippen molar-refractivity contribution in [2.75, 3.05) is 0 Å². The van der Waals surface area contributed by atoms with Gasteiger partial charge in [0.2, 0.25) is 0 Å². The highest BCUT2D eigenvalue weighted by Gasteiger charge is 2.09. The molecule has 0 saturated carbocycles. The minimum atomic E-state index is -1.15. The number of rotatable bonds is 2. The van der Waals surface area contributed by atoms with Crippen molar-refractivity contribution in [2.45, 2.75) is 0 Å². The first kappa shape index (κ1) is 11.3.